The number of benzene rings is 2. The second kappa shape index (κ2) is 18.3. The molecular weight excluding hydrogens is 667 g/mol. The average Bonchev–Trinajstić information content (AvgIpc) is 3.09. The molecule has 3 N–H and O–H groups in total. The first-order valence-corrected chi connectivity index (χ1v) is 18.5. The maximum atomic E-state index is 13.3. The van der Waals surface area contributed by atoms with Crippen molar-refractivity contribution in [3.63, 3.8) is 0 Å². The first kappa shape index (κ1) is 39.5. The van der Waals surface area contributed by atoms with Crippen molar-refractivity contribution in [3.8, 4) is 0 Å². The van der Waals surface area contributed by atoms with E-state index in [0.717, 1.165) is 23.4 Å². The Bertz CT molecular complexity index is 1450. The molecule has 8 nitrogen and oxygen atoms in total. The van der Waals surface area contributed by atoms with Crippen molar-refractivity contribution < 1.29 is 27.6 Å². The van der Waals surface area contributed by atoms with Crippen LogP contribution in [0.4, 0.5) is 29.3 Å². The highest BCUT2D eigenvalue weighted by Crippen LogP contribution is 2.38. The van der Waals surface area contributed by atoms with Crippen LogP contribution in [-0.4, -0.2) is 70.7 Å². The molecule has 0 bridgehead atoms. The first-order valence-electron chi connectivity index (χ1n) is 18.1. The van der Waals surface area contributed by atoms with E-state index in [1.807, 2.05) is 24.3 Å². The number of halogens is 4. The van der Waals surface area contributed by atoms with Gasteiger partial charge in [0, 0.05) is 49.7 Å². The Morgan fingerprint density at radius 1 is 1.00 bits per heavy atom. The number of fused-ring (bicyclic) bond motifs is 1. The molecule has 2 saturated heterocycles. The minimum absolute atomic E-state index is 0.0290. The van der Waals surface area contributed by atoms with Crippen LogP contribution in [0, 0.1) is 5.92 Å². The molecule has 0 aliphatic carbocycles. The van der Waals surface area contributed by atoms with E-state index in [1.165, 1.54) is 71.0 Å². The number of alkyl halides is 3. The van der Waals surface area contributed by atoms with Crippen LogP contribution in [0.5, 0.6) is 0 Å². The highest BCUT2D eigenvalue weighted by molar-refractivity contribution is 6.33. The molecule has 1 atom stereocenters. The third kappa shape index (κ3) is 10.6. The maximum Gasteiger partial charge on any atom is 0.418 e. The van der Waals surface area contributed by atoms with Crippen LogP contribution in [0.15, 0.2) is 36.4 Å². The number of Topliss-reactive ketones (excluding diaryl/α,β-unsaturated/α-hetero) is 1. The summed E-state index contributed by atoms with van der Waals surface area (Å²) in [7, 11) is 0. The van der Waals surface area contributed by atoms with Gasteiger partial charge in [-0.05, 0) is 94.3 Å². The standard InChI is InChI=1S/C26H28ClF3N4O3.C12H25N/c1-15(35)18(10-16-11-20(26(28,29)30)24(31)21(27)12-16)13-23(36)33-8-6-19(7-9-33)34-14-17-4-2-3-5-22(17)32-25(34)37;1-3-8-12(9-4-2)13-10-6-5-7-11-13/h2-5,11-12,18-19H,6-10,13-14,31H2,1H3,(H,32,37);12H,3-11H2,1-2H3. The Labute approximate surface area is 299 Å². The highest BCUT2D eigenvalue weighted by atomic mass is 35.5. The second-order valence-electron chi connectivity index (χ2n) is 13.9. The van der Waals surface area contributed by atoms with E-state index in [1.54, 1.807) is 9.80 Å². The van der Waals surface area contributed by atoms with Crippen molar-refractivity contribution in [2.75, 3.05) is 37.2 Å². The smallest absolute Gasteiger partial charge is 0.397 e. The van der Waals surface area contributed by atoms with Gasteiger partial charge in [0.05, 0.1) is 16.3 Å². The van der Waals surface area contributed by atoms with E-state index < -0.39 is 23.3 Å². The highest BCUT2D eigenvalue weighted by Gasteiger charge is 2.36. The molecule has 0 radical (unpaired) electrons. The lowest BCUT2D eigenvalue weighted by Gasteiger charge is -2.40. The van der Waals surface area contributed by atoms with Gasteiger partial charge in [0.2, 0.25) is 5.91 Å². The van der Waals surface area contributed by atoms with Gasteiger partial charge in [-0.15, -0.1) is 0 Å². The number of amides is 3. The summed E-state index contributed by atoms with van der Waals surface area (Å²) in [6.45, 7) is 10.0. The number of carbonyl (C=O) groups excluding carboxylic acids is 3. The van der Waals surface area contributed by atoms with Crippen molar-refractivity contribution >= 4 is 40.7 Å². The monoisotopic (exact) mass is 719 g/mol. The van der Waals surface area contributed by atoms with Gasteiger partial charge >= 0.3 is 12.2 Å². The molecule has 3 aliphatic heterocycles. The summed E-state index contributed by atoms with van der Waals surface area (Å²) in [4.78, 5) is 44.1. The number of nitrogens with two attached hydrogens (primary N) is 1. The Balaban J connectivity index is 0.000000363. The predicted octanol–water partition coefficient (Wildman–Crippen LogP) is 8.56. The van der Waals surface area contributed by atoms with Crippen LogP contribution in [0.1, 0.15) is 102 Å². The zero-order valence-corrected chi connectivity index (χ0v) is 30.4. The zero-order valence-electron chi connectivity index (χ0n) is 29.7. The summed E-state index contributed by atoms with van der Waals surface area (Å²) in [6.07, 6.45) is 6.15. The van der Waals surface area contributed by atoms with Gasteiger partial charge in [0.1, 0.15) is 5.78 Å². The number of likely N-dealkylation sites (tertiary alicyclic amines) is 2. The SMILES string of the molecule is CC(=O)C(CC(=O)N1CCC(N2Cc3ccccc3NC2=O)CC1)Cc1cc(Cl)c(N)c(C(F)(F)F)c1.CCCC(CCC)N1CCCCC1. The molecule has 2 fully saturated rings. The van der Waals surface area contributed by atoms with Crippen molar-refractivity contribution in [1.29, 1.82) is 0 Å². The average molecular weight is 720 g/mol. The molecule has 2 aromatic carbocycles. The Hall–Kier alpha value is -3.31. The lowest BCUT2D eigenvalue weighted by molar-refractivity contribution is -0.137. The largest absolute Gasteiger partial charge is 0.418 e. The molecule has 2 aromatic rings. The molecule has 0 saturated carbocycles. The minimum atomic E-state index is -4.69. The summed E-state index contributed by atoms with van der Waals surface area (Å²) >= 11 is 5.91. The van der Waals surface area contributed by atoms with Crippen molar-refractivity contribution in [2.24, 2.45) is 5.92 Å². The van der Waals surface area contributed by atoms with Gasteiger partial charge in [0.25, 0.3) is 0 Å². The molecule has 3 aliphatic rings. The predicted molar refractivity (Wildman–Crippen MR) is 193 cm³/mol. The van der Waals surface area contributed by atoms with Gasteiger partial charge in [-0.25, -0.2) is 4.79 Å². The number of urea groups is 1. The molecule has 5 rings (SSSR count). The molecule has 50 heavy (non-hydrogen) atoms. The number of carbonyl (C=O) groups is 3. The number of nitrogens with zero attached hydrogens (tertiary/aromatic N) is 3. The van der Waals surface area contributed by atoms with E-state index in [4.69, 9.17) is 17.3 Å². The van der Waals surface area contributed by atoms with Crippen molar-refractivity contribution in [2.45, 2.75) is 116 Å². The fourth-order valence-corrected chi connectivity index (χ4v) is 7.66. The molecule has 12 heteroatoms. The van der Waals surface area contributed by atoms with E-state index in [9.17, 15) is 27.6 Å². The third-order valence-corrected chi connectivity index (χ3v) is 10.6. The van der Waals surface area contributed by atoms with Gasteiger partial charge in [0.15, 0.2) is 0 Å². The number of nitrogen functional groups attached to an aromatic ring is 1. The molecule has 1 unspecified atom stereocenters. The molecule has 0 aromatic heterocycles. The molecule has 3 amide bonds. The van der Waals surface area contributed by atoms with Crippen LogP contribution < -0.4 is 11.1 Å². The van der Waals surface area contributed by atoms with Crippen molar-refractivity contribution in [3.05, 3.63) is 58.1 Å². The minimum Gasteiger partial charge on any atom is -0.397 e. The van der Waals surface area contributed by atoms with Crippen LogP contribution in [-0.2, 0) is 28.7 Å². The van der Waals surface area contributed by atoms with Crippen LogP contribution in [0.2, 0.25) is 5.02 Å². The van der Waals surface area contributed by atoms with Crippen molar-refractivity contribution in [1.82, 2.24) is 14.7 Å². The molecular formula is C38H53ClF3N5O3. The summed E-state index contributed by atoms with van der Waals surface area (Å²) in [5.74, 6) is -1.34. The number of ketones is 1. The van der Waals surface area contributed by atoms with Gasteiger partial charge in [-0.1, -0.05) is 62.9 Å². The number of piperidine rings is 2. The molecule has 0 spiro atoms. The lowest BCUT2D eigenvalue weighted by Crippen LogP contribution is -2.51. The van der Waals surface area contributed by atoms with Gasteiger partial charge in [-0.2, -0.15) is 13.2 Å². The number of hydrogen-bond acceptors (Lipinski definition) is 5. The topological polar surface area (TPSA) is 99.0 Å². The zero-order chi connectivity index (χ0) is 36.4. The van der Waals surface area contributed by atoms with E-state index >= 15 is 0 Å². The number of anilines is 2. The van der Waals surface area contributed by atoms with E-state index in [-0.39, 0.29) is 47.2 Å². The van der Waals surface area contributed by atoms with Crippen LogP contribution in [0.3, 0.4) is 0 Å². The number of nitrogens with one attached hydrogen (secondary N) is 1. The lowest BCUT2D eigenvalue weighted by atomic mass is 9.90. The van der Waals surface area contributed by atoms with E-state index in [2.05, 4.69) is 24.1 Å². The van der Waals surface area contributed by atoms with Crippen LogP contribution >= 0.6 is 11.6 Å². The Morgan fingerprint density at radius 3 is 2.24 bits per heavy atom. The molecule has 276 valence electrons. The summed E-state index contributed by atoms with van der Waals surface area (Å²) in [5, 5.41) is 2.66. The summed E-state index contributed by atoms with van der Waals surface area (Å²) in [5.41, 5.74) is 5.89. The number of para-hydroxylation sites is 1. The summed E-state index contributed by atoms with van der Waals surface area (Å²) in [6, 6.07) is 10.5. The van der Waals surface area contributed by atoms with E-state index in [0.29, 0.717) is 32.5 Å². The normalized spacial score (nSPS) is 17.9. The Kier molecular flexibility index (Phi) is 14.4. The number of hydrogen-bond donors (Lipinski definition) is 2. The number of rotatable bonds is 11. The quantitative estimate of drug-likeness (QED) is 0.227. The maximum absolute atomic E-state index is 13.3. The van der Waals surface area contributed by atoms with Crippen LogP contribution in [0.25, 0.3) is 0 Å². The first-order chi connectivity index (χ1) is 23.8. The van der Waals surface area contributed by atoms with Gasteiger partial charge in [-0.3, -0.25) is 9.59 Å². The Morgan fingerprint density at radius 2 is 1.64 bits per heavy atom. The third-order valence-electron chi connectivity index (χ3n) is 10.2. The fraction of sp³-hybridized carbons (Fsp3) is 0.605. The molecule has 3 heterocycles. The fourth-order valence-electron chi connectivity index (χ4n) is 7.41. The van der Waals surface area contributed by atoms with Gasteiger partial charge < -0.3 is 25.8 Å². The summed E-state index contributed by atoms with van der Waals surface area (Å²) < 4.78 is 40.0. The second-order valence-corrected chi connectivity index (χ2v) is 14.3.